The number of benzene rings is 1. The van der Waals surface area contributed by atoms with Crippen molar-refractivity contribution in [2.24, 2.45) is 0 Å². The first-order valence-electron chi connectivity index (χ1n) is 8.09. The molecule has 2 rings (SSSR count). The minimum absolute atomic E-state index is 0.220. The van der Waals surface area contributed by atoms with Gasteiger partial charge in [-0.15, -0.1) is 11.3 Å². The summed E-state index contributed by atoms with van der Waals surface area (Å²) < 4.78 is 29.3. The van der Waals surface area contributed by atoms with Gasteiger partial charge in [-0.1, -0.05) is 18.2 Å². The van der Waals surface area contributed by atoms with Crippen LogP contribution in [-0.2, 0) is 26.0 Å². The summed E-state index contributed by atoms with van der Waals surface area (Å²) in [6.07, 6.45) is 1.49. The summed E-state index contributed by atoms with van der Waals surface area (Å²) in [5, 5.41) is 0. The third-order valence-corrected chi connectivity index (χ3v) is 5.14. The highest BCUT2D eigenvalue weighted by molar-refractivity contribution is 7.88. The summed E-state index contributed by atoms with van der Waals surface area (Å²) in [5.74, 6) is -1.87. The normalized spacial score (nSPS) is 10.9. The highest BCUT2D eigenvalue weighted by Gasteiger charge is 2.14. The Balaban J connectivity index is 1.73. The summed E-state index contributed by atoms with van der Waals surface area (Å²) in [7, 11) is -3.26. The average molecular weight is 425 g/mol. The number of hydrazine groups is 1. The van der Waals surface area contributed by atoms with Gasteiger partial charge in [-0.3, -0.25) is 20.4 Å². The molecule has 2 aromatic rings. The first-order valence-corrected chi connectivity index (χ1v) is 10.8. The van der Waals surface area contributed by atoms with Crippen LogP contribution in [0.2, 0.25) is 0 Å². The van der Waals surface area contributed by atoms with Gasteiger partial charge in [-0.2, -0.15) is 0 Å². The molecule has 0 aliphatic heterocycles. The number of hydrogen-bond donors (Lipinski definition) is 3. The zero-order chi connectivity index (χ0) is 20.6. The number of amides is 2. The Morgan fingerprint density at radius 3 is 2.43 bits per heavy atom. The third-order valence-electron chi connectivity index (χ3n) is 3.28. The molecule has 0 saturated carbocycles. The first-order chi connectivity index (χ1) is 13.2. The monoisotopic (exact) mass is 425 g/mol. The van der Waals surface area contributed by atoms with E-state index in [0.717, 1.165) is 22.5 Å². The van der Waals surface area contributed by atoms with Crippen molar-refractivity contribution in [3.63, 3.8) is 0 Å². The van der Waals surface area contributed by atoms with Gasteiger partial charge in [0.25, 0.3) is 11.8 Å². The molecule has 9 nitrogen and oxygen atoms in total. The van der Waals surface area contributed by atoms with Gasteiger partial charge >= 0.3 is 5.97 Å². The van der Waals surface area contributed by atoms with E-state index < -0.39 is 34.4 Å². The van der Waals surface area contributed by atoms with E-state index in [1.165, 1.54) is 6.07 Å². The summed E-state index contributed by atoms with van der Waals surface area (Å²) in [6.45, 7) is -0.339. The minimum atomic E-state index is -3.26. The van der Waals surface area contributed by atoms with Gasteiger partial charge < -0.3 is 4.74 Å². The largest absolute Gasteiger partial charge is 0.451 e. The van der Waals surface area contributed by atoms with Gasteiger partial charge in [0.2, 0.25) is 10.0 Å². The van der Waals surface area contributed by atoms with Crippen LogP contribution in [0.15, 0.2) is 42.5 Å². The predicted molar refractivity (Wildman–Crippen MR) is 103 cm³/mol. The molecule has 3 N–H and O–H groups in total. The number of thiophene rings is 1. The van der Waals surface area contributed by atoms with Crippen molar-refractivity contribution >= 4 is 39.1 Å². The third kappa shape index (κ3) is 7.47. The van der Waals surface area contributed by atoms with Crippen molar-refractivity contribution in [1.29, 1.82) is 0 Å². The molecule has 28 heavy (non-hydrogen) atoms. The van der Waals surface area contributed by atoms with Gasteiger partial charge in [0, 0.05) is 17.0 Å². The molecule has 0 saturated heterocycles. The van der Waals surface area contributed by atoms with Crippen molar-refractivity contribution < 1.29 is 27.5 Å². The van der Waals surface area contributed by atoms with Gasteiger partial charge in [0.15, 0.2) is 6.61 Å². The van der Waals surface area contributed by atoms with Crippen LogP contribution >= 0.6 is 11.3 Å². The van der Waals surface area contributed by atoms with Crippen LogP contribution < -0.4 is 15.6 Å². The van der Waals surface area contributed by atoms with E-state index in [4.69, 9.17) is 4.74 Å². The number of carbonyl (C=O) groups excluding carboxylic acids is 3. The fourth-order valence-corrected chi connectivity index (χ4v) is 3.38. The van der Waals surface area contributed by atoms with Gasteiger partial charge in [0.1, 0.15) is 4.88 Å². The van der Waals surface area contributed by atoms with Crippen LogP contribution in [0.3, 0.4) is 0 Å². The molecular weight excluding hydrogens is 406 g/mol. The minimum Gasteiger partial charge on any atom is -0.451 e. The van der Waals surface area contributed by atoms with Gasteiger partial charge in [-0.05, 0) is 30.7 Å². The molecule has 11 heteroatoms. The summed E-state index contributed by atoms with van der Waals surface area (Å²) >= 11 is 1.15. The molecule has 0 spiro atoms. The first kappa shape index (κ1) is 21.5. The number of ether oxygens (including phenoxy) is 1. The van der Waals surface area contributed by atoms with Crippen LogP contribution in [-0.4, -0.2) is 45.6 Å². The number of rotatable bonds is 8. The standard InChI is InChI=1S/C17H19N3O6S2/c1-28(24,25)18-10-9-13-7-8-14(27-13)17(23)26-11-15(21)19-20-16(22)12-5-3-2-4-6-12/h2-8,18H,9-11H2,1H3,(H,19,21)(H,20,22). The molecule has 150 valence electrons. The lowest BCUT2D eigenvalue weighted by Crippen LogP contribution is -2.43. The van der Waals surface area contributed by atoms with E-state index in [1.807, 2.05) is 0 Å². The molecule has 0 unspecified atom stereocenters. The lowest BCUT2D eigenvalue weighted by atomic mass is 10.2. The molecule has 0 aliphatic rings. The van der Waals surface area contributed by atoms with Gasteiger partial charge in [0.05, 0.1) is 6.26 Å². The molecule has 0 fully saturated rings. The van der Waals surface area contributed by atoms with E-state index in [1.54, 1.807) is 36.4 Å². The fraction of sp³-hybridized carbons (Fsp3) is 0.235. The maximum Gasteiger partial charge on any atom is 0.348 e. The molecule has 2 amide bonds. The van der Waals surface area contributed by atoms with Crippen molar-refractivity contribution in [3.05, 3.63) is 57.8 Å². The van der Waals surface area contributed by atoms with E-state index >= 15 is 0 Å². The van der Waals surface area contributed by atoms with Crippen LogP contribution in [0, 0.1) is 0 Å². The molecule has 0 radical (unpaired) electrons. The number of hydrogen-bond acceptors (Lipinski definition) is 7. The maximum absolute atomic E-state index is 12.0. The predicted octanol–water partition coefficient (Wildman–Crippen LogP) is 0.458. The van der Waals surface area contributed by atoms with Crippen LogP contribution in [0.5, 0.6) is 0 Å². The second-order valence-electron chi connectivity index (χ2n) is 5.63. The highest BCUT2D eigenvalue weighted by Crippen LogP contribution is 2.17. The lowest BCUT2D eigenvalue weighted by Gasteiger charge is -2.07. The van der Waals surface area contributed by atoms with Crippen molar-refractivity contribution in [2.75, 3.05) is 19.4 Å². The lowest BCUT2D eigenvalue weighted by molar-refractivity contribution is -0.125. The molecular formula is C17H19N3O6S2. The molecule has 0 atom stereocenters. The molecule has 1 aromatic carbocycles. The average Bonchev–Trinajstić information content (AvgIpc) is 3.12. The molecule has 0 aliphatic carbocycles. The second kappa shape index (κ2) is 9.97. The number of sulfonamides is 1. The van der Waals surface area contributed by atoms with Gasteiger partial charge in [-0.25, -0.2) is 17.9 Å². The van der Waals surface area contributed by atoms with E-state index in [2.05, 4.69) is 15.6 Å². The fourth-order valence-electron chi connectivity index (χ4n) is 2.01. The zero-order valence-electron chi connectivity index (χ0n) is 14.9. The molecule has 1 heterocycles. The van der Waals surface area contributed by atoms with E-state index in [-0.39, 0.29) is 11.4 Å². The second-order valence-corrected chi connectivity index (χ2v) is 8.63. The quantitative estimate of drug-likeness (QED) is 0.416. The Morgan fingerprint density at radius 2 is 1.75 bits per heavy atom. The highest BCUT2D eigenvalue weighted by atomic mass is 32.2. The van der Waals surface area contributed by atoms with Crippen LogP contribution in [0.4, 0.5) is 0 Å². The summed E-state index contributed by atoms with van der Waals surface area (Å²) in [6, 6.07) is 11.5. The Morgan fingerprint density at radius 1 is 1.04 bits per heavy atom. The van der Waals surface area contributed by atoms with Crippen molar-refractivity contribution in [3.8, 4) is 0 Å². The van der Waals surface area contributed by atoms with Crippen LogP contribution in [0.1, 0.15) is 24.9 Å². The maximum atomic E-state index is 12.0. The molecule has 1 aromatic heterocycles. The Bertz CT molecular complexity index is 941. The summed E-state index contributed by atoms with van der Waals surface area (Å²) in [5.41, 5.74) is 4.75. The number of nitrogens with one attached hydrogen (secondary N) is 3. The van der Waals surface area contributed by atoms with E-state index in [0.29, 0.717) is 12.0 Å². The Hall–Kier alpha value is -2.76. The topological polar surface area (TPSA) is 131 Å². The Labute approximate surface area is 166 Å². The Kier molecular flexibility index (Phi) is 7.67. The SMILES string of the molecule is CS(=O)(=O)NCCc1ccc(C(=O)OCC(=O)NNC(=O)c2ccccc2)s1. The van der Waals surface area contributed by atoms with Crippen molar-refractivity contribution in [1.82, 2.24) is 15.6 Å². The van der Waals surface area contributed by atoms with Crippen LogP contribution in [0.25, 0.3) is 0 Å². The zero-order valence-corrected chi connectivity index (χ0v) is 16.6. The van der Waals surface area contributed by atoms with E-state index in [9.17, 15) is 22.8 Å². The molecule has 0 bridgehead atoms. The number of carbonyl (C=O) groups is 3. The number of esters is 1. The smallest absolute Gasteiger partial charge is 0.348 e. The van der Waals surface area contributed by atoms with Crippen molar-refractivity contribution in [2.45, 2.75) is 6.42 Å². The summed E-state index contributed by atoms with van der Waals surface area (Å²) in [4.78, 5) is 36.5.